The molecule has 1 saturated heterocycles. The molecule has 2 amide bonds. The van der Waals surface area contributed by atoms with Crippen molar-refractivity contribution in [3.63, 3.8) is 0 Å². The van der Waals surface area contributed by atoms with Crippen LogP contribution in [-0.4, -0.2) is 61.8 Å². The Hall–Kier alpha value is -4.59. The second kappa shape index (κ2) is 12.8. The number of para-hydroxylation sites is 1. The fourth-order valence-corrected chi connectivity index (χ4v) is 4.79. The van der Waals surface area contributed by atoms with Crippen molar-refractivity contribution in [1.29, 1.82) is 0 Å². The maximum absolute atomic E-state index is 13.1. The Morgan fingerprint density at radius 1 is 1.13 bits per heavy atom. The lowest BCUT2D eigenvalue weighted by atomic mass is 9.99. The zero-order valence-corrected chi connectivity index (χ0v) is 21.8. The third-order valence-electron chi connectivity index (χ3n) is 5.40. The minimum absolute atomic E-state index is 0.144. The van der Waals surface area contributed by atoms with Gasteiger partial charge in [-0.05, 0) is 42.3 Å². The molecule has 14 heteroatoms. The van der Waals surface area contributed by atoms with Crippen molar-refractivity contribution < 1.29 is 42.0 Å². The molecule has 206 valence electrons. The van der Waals surface area contributed by atoms with Crippen molar-refractivity contribution in [3.8, 4) is 5.75 Å². The molecule has 2 aromatic carbocycles. The van der Waals surface area contributed by atoms with Crippen molar-refractivity contribution in [2.45, 2.75) is 37.9 Å². The number of rotatable bonds is 12. The van der Waals surface area contributed by atoms with E-state index in [-0.39, 0.29) is 17.9 Å². The molecule has 0 aromatic heterocycles. The normalized spacial score (nSPS) is 17.7. The molecule has 4 atom stereocenters. The van der Waals surface area contributed by atoms with E-state index in [2.05, 4.69) is 11.9 Å². The summed E-state index contributed by atoms with van der Waals surface area (Å²) in [5, 5.41) is 11.8. The van der Waals surface area contributed by atoms with Gasteiger partial charge in [-0.1, -0.05) is 24.8 Å². The molecule has 1 unspecified atom stereocenters. The Bertz CT molecular complexity index is 1300. The first-order valence-corrected chi connectivity index (χ1v) is 12.6. The first-order valence-electron chi connectivity index (χ1n) is 11.4. The molecular weight excluding hydrogens is 534 g/mol. The standard InChI is InChI=1S/C25H25N3O10S/c1-15(2)22(25(32)37-13-17-9-11-18(12-10-17)28(33)34)27-23(31)21(24(27)39(35)38-16(3)29)26-20(30)14-36-19-7-5-4-6-8-19/h4-12,21-22,24H,1,13-14H2,2-3H3,(H,26,30)/t21-,22-,24-,39?/m1/s1. The highest BCUT2D eigenvalue weighted by molar-refractivity contribution is 7.81. The van der Waals surface area contributed by atoms with Crippen LogP contribution in [0.5, 0.6) is 5.75 Å². The van der Waals surface area contributed by atoms with Crippen LogP contribution in [0.1, 0.15) is 19.4 Å². The highest BCUT2D eigenvalue weighted by atomic mass is 32.2. The lowest BCUT2D eigenvalue weighted by molar-refractivity contribution is -0.384. The van der Waals surface area contributed by atoms with Crippen molar-refractivity contribution in [3.05, 3.63) is 82.4 Å². The topological polar surface area (TPSA) is 171 Å². The lowest BCUT2D eigenvalue weighted by Gasteiger charge is -2.48. The van der Waals surface area contributed by atoms with E-state index in [0.29, 0.717) is 11.3 Å². The van der Waals surface area contributed by atoms with E-state index in [4.69, 9.17) is 13.7 Å². The zero-order valence-electron chi connectivity index (χ0n) is 20.9. The van der Waals surface area contributed by atoms with Crippen LogP contribution in [-0.2, 0) is 45.8 Å². The van der Waals surface area contributed by atoms with Crippen LogP contribution in [0.4, 0.5) is 5.69 Å². The van der Waals surface area contributed by atoms with Gasteiger partial charge in [0.15, 0.2) is 18.0 Å². The number of likely N-dealkylation sites (tertiary alicyclic amines) is 1. The Balaban J connectivity index is 1.73. The van der Waals surface area contributed by atoms with Gasteiger partial charge in [-0.2, -0.15) is 0 Å². The van der Waals surface area contributed by atoms with E-state index in [9.17, 15) is 33.5 Å². The summed E-state index contributed by atoms with van der Waals surface area (Å²) in [5.74, 6) is -2.93. The molecule has 13 nitrogen and oxygen atoms in total. The molecule has 1 fully saturated rings. The van der Waals surface area contributed by atoms with Gasteiger partial charge >= 0.3 is 11.9 Å². The summed E-state index contributed by atoms with van der Waals surface area (Å²) in [6.45, 7) is 5.44. The second-order valence-electron chi connectivity index (χ2n) is 8.40. The molecule has 0 bridgehead atoms. The van der Waals surface area contributed by atoms with Crippen LogP contribution in [0, 0.1) is 10.1 Å². The molecule has 0 saturated carbocycles. The number of benzene rings is 2. The Morgan fingerprint density at radius 2 is 1.77 bits per heavy atom. The van der Waals surface area contributed by atoms with Crippen LogP contribution in [0.2, 0.25) is 0 Å². The number of nitrogens with zero attached hydrogens (tertiary/aromatic N) is 2. The molecule has 2 aromatic rings. The summed E-state index contributed by atoms with van der Waals surface area (Å²) in [4.78, 5) is 61.1. The fraction of sp³-hybridized carbons (Fsp3) is 0.280. The average molecular weight is 560 g/mol. The highest BCUT2D eigenvalue weighted by Gasteiger charge is 2.57. The van der Waals surface area contributed by atoms with Gasteiger partial charge in [0.1, 0.15) is 18.4 Å². The molecule has 1 heterocycles. The van der Waals surface area contributed by atoms with E-state index in [0.717, 1.165) is 11.8 Å². The van der Waals surface area contributed by atoms with Gasteiger partial charge in [0, 0.05) is 19.1 Å². The average Bonchev–Trinajstić information content (AvgIpc) is 2.89. The van der Waals surface area contributed by atoms with Gasteiger partial charge in [-0.25, -0.2) is 9.00 Å². The summed E-state index contributed by atoms with van der Waals surface area (Å²) in [6, 6.07) is 10.9. The minimum atomic E-state index is -2.46. The molecule has 0 aliphatic carbocycles. The molecule has 39 heavy (non-hydrogen) atoms. The second-order valence-corrected chi connectivity index (χ2v) is 9.57. The quantitative estimate of drug-likeness (QED) is 0.132. The maximum Gasteiger partial charge on any atom is 0.333 e. The van der Waals surface area contributed by atoms with Crippen LogP contribution >= 0.6 is 0 Å². The number of non-ortho nitro benzene ring substituents is 1. The first kappa shape index (κ1) is 29.0. The van der Waals surface area contributed by atoms with Gasteiger partial charge in [0.2, 0.25) is 11.1 Å². The van der Waals surface area contributed by atoms with E-state index >= 15 is 0 Å². The summed E-state index contributed by atoms with van der Waals surface area (Å²) < 4.78 is 28.2. The predicted molar refractivity (Wildman–Crippen MR) is 136 cm³/mol. The number of carbonyl (C=O) groups excluding carboxylic acids is 4. The first-order chi connectivity index (χ1) is 18.5. The maximum atomic E-state index is 13.1. The van der Waals surface area contributed by atoms with Gasteiger partial charge < -0.3 is 23.9 Å². The van der Waals surface area contributed by atoms with Gasteiger partial charge in [-0.3, -0.25) is 24.5 Å². The number of amides is 2. The molecule has 0 spiro atoms. The number of nitro groups is 1. The predicted octanol–water partition coefficient (Wildman–Crippen LogP) is 1.54. The third kappa shape index (κ3) is 7.25. The van der Waals surface area contributed by atoms with Gasteiger partial charge in [0.25, 0.3) is 17.5 Å². The van der Waals surface area contributed by atoms with Crippen molar-refractivity contribution in [2.75, 3.05) is 6.61 Å². The van der Waals surface area contributed by atoms with E-state index in [1.165, 1.54) is 31.2 Å². The van der Waals surface area contributed by atoms with Crippen LogP contribution < -0.4 is 10.1 Å². The van der Waals surface area contributed by atoms with Gasteiger partial charge in [0.05, 0.1) is 4.92 Å². The number of hydrogen-bond acceptors (Lipinski definition) is 10. The SMILES string of the molecule is C=C(C)[C@H](C(=O)OCc1ccc([N+](=O)[O-])cc1)N1C(=O)[C@@H](NC(=O)COc2ccccc2)[C@H]1S(=O)OC(C)=O. The summed E-state index contributed by atoms with van der Waals surface area (Å²) >= 11 is -2.46. The lowest BCUT2D eigenvalue weighted by Crippen LogP contribution is -2.75. The number of nitrogens with one attached hydrogen (secondary N) is 1. The zero-order chi connectivity index (χ0) is 28.7. The van der Waals surface area contributed by atoms with E-state index in [1.807, 2.05) is 0 Å². The Kier molecular flexibility index (Phi) is 9.49. The summed E-state index contributed by atoms with van der Waals surface area (Å²) in [5.41, 5.74) is 0.445. The van der Waals surface area contributed by atoms with Crippen LogP contribution in [0.15, 0.2) is 66.7 Å². The van der Waals surface area contributed by atoms with E-state index < -0.39 is 63.8 Å². The fourth-order valence-electron chi connectivity index (χ4n) is 3.64. The smallest absolute Gasteiger partial charge is 0.333 e. The number of ether oxygens (including phenoxy) is 2. The monoisotopic (exact) mass is 559 g/mol. The molecule has 1 aliphatic rings. The number of nitro benzene ring substituents is 1. The molecule has 0 radical (unpaired) electrons. The molecule has 1 aliphatic heterocycles. The van der Waals surface area contributed by atoms with E-state index in [1.54, 1.807) is 30.3 Å². The molecule has 1 N–H and O–H groups in total. The van der Waals surface area contributed by atoms with Crippen LogP contribution in [0.3, 0.4) is 0 Å². The summed E-state index contributed by atoms with van der Waals surface area (Å²) in [6.07, 6.45) is 0. The number of esters is 1. The number of hydrogen-bond donors (Lipinski definition) is 1. The van der Waals surface area contributed by atoms with Crippen molar-refractivity contribution in [2.24, 2.45) is 0 Å². The molecular formula is C25H25N3O10S. The Labute approximate surface area is 225 Å². The summed E-state index contributed by atoms with van der Waals surface area (Å²) in [7, 11) is 0. The third-order valence-corrected chi connectivity index (χ3v) is 6.70. The van der Waals surface area contributed by atoms with Crippen LogP contribution in [0.25, 0.3) is 0 Å². The number of carbonyl (C=O) groups is 4. The highest BCUT2D eigenvalue weighted by Crippen LogP contribution is 2.30. The van der Waals surface area contributed by atoms with Gasteiger partial charge in [-0.15, -0.1) is 0 Å². The minimum Gasteiger partial charge on any atom is -0.484 e. The number of β-lactam (4-membered cyclic amide) rings is 1. The van der Waals surface area contributed by atoms with Crippen molar-refractivity contribution >= 4 is 40.5 Å². The largest absolute Gasteiger partial charge is 0.484 e. The van der Waals surface area contributed by atoms with Crippen molar-refractivity contribution in [1.82, 2.24) is 10.2 Å². The Morgan fingerprint density at radius 3 is 2.33 bits per heavy atom. The molecule has 3 rings (SSSR count).